The van der Waals surface area contributed by atoms with Gasteiger partial charge in [0.25, 0.3) is 0 Å². The molecule has 1 aromatic rings. The van der Waals surface area contributed by atoms with Gasteiger partial charge >= 0.3 is 0 Å². The average Bonchev–Trinajstić information content (AvgIpc) is 2.45. The number of carbonyl (C=O) groups is 2. The third-order valence-corrected chi connectivity index (χ3v) is 3.18. The molecule has 0 fully saturated rings. The van der Waals surface area contributed by atoms with Crippen LogP contribution in [0.5, 0.6) is 11.5 Å². The molecule has 1 aliphatic rings. The summed E-state index contributed by atoms with van der Waals surface area (Å²) in [4.78, 5) is 22.6. The summed E-state index contributed by atoms with van der Waals surface area (Å²) in [5.74, 6) is 0.316. The fourth-order valence-corrected chi connectivity index (χ4v) is 2.04. The number of fused-ring (bicyclic) bond motifs is 1. The molecule has 1 aromatic carbocycles. The lowest BCUT2D eigenvalue weighted by molar-refractivity contribution is -0.126. The summed E-state index contributed by atoms with van der Waals surface area (Å²) < 4.78 is 10.9. The summed E-state index contributed by atoms with van der Waals surface area (Å²) in [5, 5.41) is 2.74. The molecular formula is C14H19N3O4. The molecule has 21 heavy (non-hydrogen) atoms. The normalized spacial score (nSPS) is 15.9. The summed E-state index contributed by atoms with van der Waals surface area (Å²) in [5.41, 5.74) is 11.5. The zero-order chi connectivity index (χ0) is 15.4. The van der Waals surface area contributed by atoms with Crippen LogP contribution >= 0.6 is 0 Å². The van der Waals surface area contributed by atoms with E-state index in [4.69, 9.17) is 20.9 Å². The first-order valence-electron chi connectivity index (χ1n) is 6.71. The Hall–Kier alpha value is -2.28. The molecule has 2 rings (SSSR count). The van der Waals surface area contributed by atoms with Crippen molar-refractivity contribution in [2.75, 3.05) is 13.2 Å². The van der Waals surface area contributed by atoms with Crippen LogP contribution in [0.25, 0.3) is 0 Å². The van der Waals surface area contributed by atoms with Crippen LogP contribution in [0.1, 0.15) is 24.9 Å². The lowest BCUT2D eigenvalue weighted by Gasteiger charge is -2.21. The third kappa shape index (κ3) is 3.85. The van der Waals surface area contributed by atoms with Gasteiger partial charge in [-0.3, -0.25) is 9.59 Å². The van der Waals surface area contributed by atoms with E-state index in [9.17, 15) is 9.59 Å². The monoisotopic (exact) mass is 293 g/mol. The fourth-order valence-electron chi connectivity index (χ4n) is 2.04. The second kappa shape index (κ2) is 6.45. The molecule has 0 aliphatic carbocycles. The number of amides is 2. The quantitative estimate of drug-likeness (QED) is 0.697. The van der Waals surface area contributed by atoms with Crippen LogP contribution in [0.3, 0.4) is 0 Å². The minimum absolute atomic E-state index is 0.181. The lowest BCUT2D eigenvalue weighted by atomic mass is 10.1. The second-order valence-corrected chi connectivity index (χ2v) is 4.91. The third-order valence-electron chi connectivity index (χ3n) is 3.18. The number of carbonyl (C=O) groups excluding carboxylic acids is 2. The number of hydrogen-bond donors (Lipinski definition) is 3. The number of hydrogen-bond acceptors (Lipinski definition) is 5. The molecule has 1 heterocycles. The van der Waals surface area contributed by atoms with Gasteiger partial charge in [-0.05, 0) is 24.6 Å². The molecule has 7 nitrogen and oxygen atoms in total. The van der Waals surface area contributed by atoms with Gasteiger partial charge in [0, 0.05) is 0 Å². The van der Waals surface area contributed by atoms with E-state index < -0.39 is 17.9 Å². The summed E-state index contributed by atoms with van der Waals surface area (Å²) in [6.07, 6.45) is -0.181. The second-order valence-electron chi connectivity index (χ2n) is 4.91. The topological polar surface area (TPSA) is 117 Å². The summed E-state index contributed by atoms with van der Waals surface area (Å²) in [6, 6.07) is 4.25. The molecule has 2 atom stereocenters. The summed E-state index contributed by atoms with van der Waals surface area (Å²) in [6.45, 7) is 2.85. The molecule has 0 saturated heterocycles. The number of benzene rings is 1. The molecule has 0 aromatic heterocycles. The van der Waals surface area contributed by atoms with Gasteiger partial charge < -0.3 is 26.3 Å². The maximum Gasteiger partial charge on any atom is 0.237 e. The Morgan fingerprint density at radius 1 is 1.29 bits per heavy atom. The lowest BCUT2D eigenvalue weighted by Crippen LogP contribution is -2.43. The van der Waals surface area contributed by atoms with Crippen molar-refractivity contribution < 1.29 is 19.1 Å². The van der Waals surface area contributed by atoms with Crippen LogP contribution in [0, 0.1) is 0 Å². The van der Waals surface area contributed by atoms with Crippen LogP contribution in [0.4, 0.5) is 0 Å². The largest absolute Gasteiger partial charge is 0.486 e. The van der Waals surface area contributed by atoms with Crippen molar-refractivity contribution in [3.63, 3.8) is 0 Å². The van der Waals surface area contributed by atoms with E-state index in [2.05, 4.69) is 5.32 Å². The molecule has 0 spiro atoms. The van der Waals surface area contributed by atoms with Crippen LogP contribution in [0.15, 0.2) is 18.2 Å². The molecule has 0 saturated carbocycles. The number of ether oxygens (including phenoxy) is 2. The van der Waals surface area contributed by atoms with Gasteiger partial charge in [-0.15, -0.1) is 0 Å². The molecule has 7 heteroatoms. The van der Waals surface area contributed by atoms with Gasteiger partial charge in [-0.2, -0.15) is 0 Å². The maximum absolute atomic E-state index is 11.9. The van der Waals surface area contributed by atoms with E-state index in [0.29, 0.717) is 24.7 Å². The van der Waals surface area contributed by atoms with Gasteiger partial charge in [0.2, 0.25) is 11.8 Å². The Morgan fingerprint density at radius 2 is 1.95 bits per heavy atom. The predicted octanol–water partition coefficient (Wildman–Crippen LogP) is -0.162. The van der Waals surface area contributed by atoms with Crippen LogP contribution < -0.4 is 26.3 Å². The van der Waals surface area contributed by atoms with E-state index in [-0.39, 0.29) is 12.5 Å². The Labute approximate surface area is 122 Å². The van der Waals surface area contributed by atoms with Crippen LogP contribution in [-0.4, -0.2) is 31.1 Å². The Kier molecular flexibility index (Phi) is 4.64. The van der Waals surface area contributed by atoms with Crippen LogP contribution in [0.2, 0.25) is 0 Å². The number of nitrogens with one attached hydrogen (secondary N) is 1. The Bertz CT molecular complexity index is 547. The first kappa shape index (κ1) is 15.1. The van der Waals surface area contributed by atoms with Gasteiger partial charge in [0.1, 0.15) is 13.2 Å². The predicted molar refractivity (Wildman–Crippen MR) is 75.8 cm³/mol. The first-order chi connectivity index (χ1) is 9.97. The standard InChI is InChI=1S/C14H19N3O4/c1-8(17-14(19)10(15)7-13(16)18)9-2-3-11-12(6-9)21-5-4-20-11/h2-3,6,8,10H,4-5,7,15H2,1H3,(H2,16,18)(H,17,19). The van der Waals surface area contributed by atoms with E-state index in [1.165, 1.54) is 0 Å². The SMILES string of the molecule is CC(NC(=O)C(N)CC(N)=O)c1ccc2c(c1)OCCO2. The molecular weight excluding hydrogens is 274 g/mol. The van der Waals surface area contributed by atoms with Gasteiger partial charge in [0.05, 0.1) is 18.5 Å². The Balaban J connectivity index is 2.01. The zero-order valence-corrected chi connectivity index (χ0v) is 11.8. The number of primary amides is 1. The fraction of sp³-hybridized carbons (Fsp3) is 0.429. The van der Waals surface area contributed by atoms with Crippen molar-refractivity contribution in [1.29, 1.82) is 0 Å². The molecule has 1 aliphatic heterocycles. The van der Waals surface area contributed by atoms with E-state index in [1.807, 2.05) is 19.1 Å². The van der Waals surface area contributed by atoms with Gasteiger partial charge in [-0.25, -0.2) is 0 Å². The van der Waals surface area contributed by atoms with Crippen molar-refractivity contribution in [2.24, 2.45) is 11.5 Å². The highest BCUT2D eigenvalue weighted by Crippen LogP contribution is 2.32. The van der Waals surface area contributed by atoms with E-state index in [1.54, 1.807) is 6.07 Å². The maximum atomic E-state index is 11.9. The molecule has 0 radical (unpaired) electrons. The van der Waals surface area contributed by atoms with Crippen molar-refractivity contribution in [3.05, 3.63) is 23.8 Å². The Morgan fingerprint density at radius 3 is 2.62 bits per heavy atom. The minimum Gasteiger partial charge on any atom is -0.486 e. The van der Waals surface area contributed by atoms with E-state index in [0.717, 1.165) is 5.56 Å². The van der Waals surface area contributed by atoms with Crippen molar-refractivity contribution in [1.82, 2.24) is 5.32 Å². The molecule has 2 amide bonds. The van der Waals surface area contributed by atoms with E-state index >= 15 is 0 Å². The van der Waals surface area contributed by atoms with Crippen LogP contribution in [-0.2, 0) is 9.59 Å². The molecule has 2 unspecified atom stereocenters. The number of rotatable bonds is 5. The highest BCUT2D eigenvalue weighted by atomic mass is 16.6. The molecule has 5 N–H and O–H groups in total. The number of nitrogens with two attached hydrogens (primary N) is 2. The first-order valence-corrected chi connectivity index (χ1v) is 6.71. The average molecular weight is 293 g/mol. The molecule has 114 valence electrons. The highest BCUT2D eigenvalue weighted by molar-refractivity contribution is 5.87. The van der Waals surface area contributed by atoms with Gasteiger partial charge in [0.15, 0.2) is 11.5 Å². The smallest absolute Gasteiger partial charge is 0.237 e. The van der Waals surface area contributed by atoms with Crippen molar-refractivity contribution in [3.8, 4) is 11.5 Å². The minimum atomic E-state index is -0.942. The summed E-state index contributed by atoms with van der Waals surface area (Å²) >= 11 is 0. The van der Waals surface area contributed by atoms with Gasteiger partial charge in [-0.1, -0.05) is 6.07 Å². The highest BCUT2D eigenvalue weighted by Gasteiger charge is 2.20. The van der Waals surface area contributed by atoms with Crippen molar-refractivity contribution in [2.45, 2.75) is 25.4 Å². The summed E-state index contributed by atoms with van der Waals surface area (Å²) in [7, 11) is 0. The zero-order valence-electron chi connectivity index (χ0n) is 11.8. The van der Waals surface area contributed by atoms with Crippen molar-refractivity contribution >= 4 is 11.8 Å². The molecule has 0 bridgehead atoms.